The fourth-order valence-electron chi connectivity index (χ4n) is 4.12. The normalized spacial score (nSPS) is 21.0. The lowest BCUT2D eigenvalue weighted by Crippen LogP contribution is -2.48. The summed E-state index contributed by atoms with van der Waals surface area (Å²) in [5.41, 5.74) is 2.52. The molecular weight excluding hydrogens is 408 g/mol. The van der Waals surface area contributed by atoms with Gasteiger partial charge in [0.2, 0.25) is 11.8 Å². The molecule has 5 rings (SSSR count). The van der Waals surface area contributed by atoms with Crippen LogP contribution in [0.3, 0.4) is 0 Å². The van der Waals surface area contributed by atoms with Crippen molar-refractivity contribution in [1.82, 2.24) is 29.9 Å². The zero-order chi connectivity index (χ0) is 21.8. The number of aliphatic hydroxyl groups is 1. The largest absolute Gasteiger partial charge is 0.480 e. The molecule has 1 aliphatic rings. The highest BCUT2D eigenvalue weighted by atomic mass is 19.3. The maximum absolute atomic E-state index is 12.9. The highest BCUT2D eigenvalue weighted by Crippen LogP contribution is 2.37. The Hall–Kier alpha value is -3.34. The van der Waals surface area contributed by atoms with Gasteiger partial charge >= 0.3 is 0 Å². The van der Waals surface area contributed by atoms with Gasteiger partial charge in [-0.2, -0.15) is 9.97 Å². The third-order valence-corrected chi connectivity index (χ3v) is 5.53. The van der Waals surface area contributed by atoms with Gasteiger partial charge in [-0.3, -0.25) is 0 Å². The highest BCUT2D eigenvalue weighted by molar-refractivity contribution is 5.99. The predicted octanol–water partition coefficient (Wildman–Crippen LogP) is 2.97. The van der Waals surface area contributed by atoms with Crippen molar-refractivity contribution in [1.29, 1.82) is 0 Å². The Bertz CT molecular complexity index is 1260. The Balaban J connectivity index is 1.53. The SMILES string of the molecule is COc1nc(N[C@H]2C[C@](C)(O)C2)nc2[nH]cc(-c3ccc4nnn(CC(F)F)c4c3)c12. The molecule has 0 saturated heterocycles. The van der Waals surface area contributed by atoms with Gasteiger partial charge in [-0.05, 0) is 37.5 Å². The van der Waals surface area contributed by atoms with Gasteiger partial charge in [-0.25, -0.2) is 13.5 Å². The van der Waals surface area contributed by atoms with Crippen LogP contribution in [0.2, 0.25) is 0 Å². The van der Waals surface area contributed by atoms with E-state index < -0.39 is 18.6 Å². The number of ether oxygens (including phenoxy) is 1. The summed E-state index contributed by atoms with van der Waals surface area (Å²) in [6, 6.07) is 5.44. The Morgan fingerprint density at radius 3 is 2.87 bits per heavy atom. The second-order valence-electron chi connectivity index (χ2n) is 8.10. The standard InChI is InChI=1S/C20H21F2N7O2/c1-20(30)6-11(7-20)24-19-25-17-16(18(26-19)31-2)12(8-23-17)10-3-4-13-14(5-10)29(28-27-13)9-15(21)22/h3-5,8,11,15,30H,6-7,9H2,1-2H3,(H2,23,24,25,26)/t11-,20-. The number of aromatic amines is 1. The zero-order valence-electron chi connectivity index (χ0n) is 16.9. The molecule has 1 saturated carbocycles. The number of methoxy groups -OCH3 is 1. The molecule has 1 fully saturated rings. The van der Waals surface area contributed by atoms with E-state index in [0.717, 1.165) is 11.1 Å². The van der Waals surface area contributed by atoms with E-state index in [-0.39, 0.29) is 6.04 Å². The first-order chi connectivity index (χ1) is 14.8. The third kappa shape index (κ3) is 3.54. The summed E-state index contributed by atoms with van der Waals surface area (Å²) in [4.78, 5) is 12.2. The number of anilines is 1. The van der Waals surface area contributed by atoms with Crippen LogP contribution in [0.5, 0.6) is 5.88 Å². The van der Waals surface area contributed by atoms with Crippen LogP contribution in [0, 0.1) is 0 Å². The first-order valence-electron chi connectivity index (χ1n) is 9.87. The predicted molar refractivity (Wildman–Crippen MR) is 110 cm³/mol. The second-order valence-corrected chi connectivity index (χ2v) is 8.10. The molecule has 3 heterocycles. The summed E-state index contributed by atoms with van der Waals surface area (Å²) in [5.74, 6) is 0.794. The van der Waals surface area contributed by atoms with Crippen molar-refractivity contribution in [2.24, 2.45) is 0 Å². The van der Waals surface area contributed by atoms with Crippen LogP contribution in [0.4, 0.5) is 14.7 Å². The van der Waals surface area contributed by atoms with Crippen LogP contribution < -0.4 is 10.1 Å². The summed E-state index contributed by atoms with van der Waals surface area (Å²) < 4.78 is 32.4. The molecule has 3 N–H and O–H groups in total. The van der Waals surface area contributed by atoms with E-state index in [0.29, 0.717) is 46.7 Å². The summed E-state index contributed by atoms with van der Waals surface area (Å²) in [5, 5.41) is 21.6. The third-order valence-electron chi connectivity index (χ3n) is 5.53. The summed E-state index contributed by atoms with van der Waals surface area (Å²) >= 11 is 0. The number of nitrogens with one attached hydrogen (secondary N) is 2. The number of aromatic nitrogens is 6. The van der Waals surface area contributed by atoms with E-state index in [9.17, 15) is 13.9 Å². The maximum Gasteiger partial charge on any atom is 0.258 e. The van der Waals surface area contributed by atoms with Gasteiger partial charge < -0.3 is 20.1 Å². The number of H-pyrrole nitrogens is 1. The molecule has 1 aromatic carbocycles. The van der Waals surface area contributed by atoms with Crippen LogP contribution in [0.25, 0.3) is 33.2 Å². The molecule has 1 aliphatic carbocycles. The lowest BCUT2D eigenvalue weighted by molar-refractivity contribution is -0.0236. The van der Waals surface area contributed by atoms with Crippen molar-refractivity contribution in [3.63, 3.8) is 0 Å². The zero-order valence-corrected chi connectivity index (χ0v) is 16.9. The van der Waals surface area contributed by atoms with Crippen molar-refractivity contribution in [2.75, 3.05) is 12.4 Å². The number of benzene rings is 1. The Kier molecular flexibility index (Phi) is 4.50. The average Bonchev–Trinajstić information content (AvgIpc) is 3.29. The van der Waals surface area contributed by atoms with E-state index in [2.05, 4.69) is 30.6 Å². The number of halogens is 2. The highest BCUT2D eigenvalue weighted by Gasteiger charge is 2.38. The second kappa shape index (κ2) is 7.12. The monoisotopic (exact) mass is 429 g/mol. The summed E-state index contributed by atoms with van der Waals surface area (Å²) in [7, 11) is 1.53. The number of alkyl halides is 2. The van der Waals surface area contributed by atoms with Crippen molar-refractivity contribution < 1.29 is 18.6 Å². The lowest BCUT2D eigenvalue weighted by Gasteiger charge is -2.41. The quantitative estimate of drug-likeness (QED) is 0.432. The molecule has 31 heavy (non-hydrogen) atoms. The van der Waals surface area contributed by atoms with Crippen LogP contribution in [0.15, 0.2) is 24.4 Å². The van der Waals surface area contributed by atoms with Gasteiger partial charge in [0.15, 0.2) is 0 Å². The molecule has 9 nitrogen and oxygen atoms in total. The molecule has 162 valence electrons. The van der Waals surface area contributed by atoms with E-state index in [1.807, 2.05) is 6.07 Å². The Morgan fingerprint density at radius 2 is 2.16 bits per heavy atom. The van der Waals surface area contributed by atoms with Crippen LogP contribution in [0.1, 0.15) is 19.8 Å². The van der Waals surface area contributed by atoms with Crippen molar-refractivity contribution in [3.8, 4) is 17.0 Å². The van der Waals surface area contributed by atoms with Crippen molar-refractivity contribution in [3.05, 3.63) is 24.4 Å². The molecule has 0 amide bonds. The minimum Gasteiger partial charge on any atom is -0.480 e. The van der Waals surface area contributed by atoms with Crippen molar-refractivity contribution >= 4 is 28.0 Å². The Morgan fingerprint density at radius 1 is 1.35 bits per heavy atom. The van der Waals surface area contributed by atoms with E-state index in [4.69, 9.17) is 4.74 Å². The average molecular weight is 429 g/mol. The molecule has 0 atom stereocenters. The first-order valence-corrected chi connectivity index (χ1v) is 9.87. The molecular formula is C20H21F2N7O2. The topological polar surface area (TPSA) is 114 Å². The van der Waals surface area contributed by atoms with Gasteiger partial charge in [0.05, 0.1) is 23.6 Å². The van der Waals surface area contributed by atoms with E-state index in [1.54, 1.807) is 25.3 Å². The fourth-order valence-corrected chi connectivity index (χ4v) is 4.12. The van der Waals surface area contributed by atoms with E-state index in [1.165, 1.54) is 11.8 Å². The van der Waals surface area contributed by atoms with Crippen molar-refractivity contribution in [2.45, 2.75) is 44.4 Å². The van der Waals surface area contributed by atoms with Gasteiger partial charge in [0.1, 0.15) is 17.7 Å². The van der Waals surface area contributed by atoms with Crippen LogP contribution >= 0.6 is 0 Å². The van der Waals surface area contributed by atoms with Crippen LogP contribution in [-0.2, 0) is 6.54 Å². The number of nitrogens with zero attached hydrogens (tertiary/aromatic N) is 5. The molecule has 0 bridgehead atoms. The van der Waals surface area contributed by atoms with Gasteiger partial charge in [-0.1, -0.05) is 11.3 Å². The molecule has 0 radical (unpaired) electrons. The molecule has 0 spiro atoms. The summed E-state index contributed by atoms with van der Waals surface area (Å²) in [6.07, 6.45) is 0.489. The number of fused-ring (bicyclic) bond motifs is 2. The van der Waals surface area contributed by atoms with Gasteiger partial charge in [0.25, 0.3) is 6.43 Å². The van der Waals surface area contributed by atoms with E-state index >= 15 is 0 Å². The number of rotatable bonds is 6. The molecule has 0 aliphatic heterocycles. The fraction of sp³-hybridized carbons (Fsp3) is 0.400. The summed E-state index contributed by atoms with van der Waals surface area (Å²) in [6.45, 7) is 1.27. The molecule has 0 unspecified atom stereocenters. The Labute approximate surface area is 175 Å². The van der Waals surface area contributed by atoms with Gasteiger partial charge in [-0.15, -0.1) is 5.10 Å². The number of hydrogen-bond donors (Lipinski definition) is 3. The van der Waals surface area contributed by atoms with Gasteiger partial charge in [0, 0.05) is 17.8 Å². The number of hydrogen-bond acceptors (Lipinski definition) is 7. The first kappa shape index (κ1) is 19.6. The maximum atomic E-state index is 12.9. The molecule has 4 aromatic rings. The molecule has 11 heteroatoms. The minimum absolute atomic E-state index is 0.0941. The van der Waals surface area contributed by atoms with Crippen LogP contribution in [-0.4, -0.2) is 60.2 Å². The molecule has 3 aromatic heterocycles. The smallest absolute Gasteiger partial charge is 0.258 e. The minimum atomic E-state index is -2.53. The lowest BCUT2D eigenvalue weighted by atomic mass is 9.77.